The Kier molecular flexibility index (Phi) is 7.69. The lowest BCUT2D eigenvalue weighted by molar-refractivity contribution is -0.115. The van der Waals surface area contributed by atoms with E-state index in [1.54, 1.807) is 22.2 Å². The van der Waals surface area contributed by atoms with Crippen LogP contribution in [0.5, 0.6) is 5.88 Å². The van der Waals surface area contributed by atoms with E-state index in [2.05, 4.69) is 10.4 Å². The molecule has 0 saturated carbocycles. The number of thioether (sulfide) groups is 1. The number of hydrazine groups is 1. The molecule has 0 amide bonds. The summed E-state index contributed by atoms with van der Waals surface area (Å²) in [6.45, 7) is 2.88. The highest BCUT2D eigenvalue weighted by Gasteiger charge is 2.33. The Hall–Kier alpha value is -2.43. The highest BCUT2D eigenvalue weighted by molar-refractivity contribution is 8.13. The molecule has 2 heterocycles. The number of piperazine rings is 1. The average molecular weight is 453 g/mol. The van der Waals surface area contributed by atoms with Gasteiger partial charge in [0.05, 0.1) is 13.7 Å². The number of aliphatic hydroxyl groups excluding tert-OH is 1. The molecule has 1 aliphatic rings. The van der Waals surface area contributed by atoms with E-state index in [0.717, 1.165) is 23.5 Å². The van der Waals surface area contributed by atoms with Crippen LogP contribution in [0.25, 0.3) is 0 Å². The standard InChI is InChI=1S/C21H26F2N4O3S/c1-4-17-13(12-28)7-18(20(24-17)30-2)25-27-6-5-26(11-19(27)21(29)31-3)16-9-14(22)8-15(23)10-16/h7-10,19,25,28H,4-6,11-12H2,1-3H3. The van der Waals surface area contributed by atoms with Gasteiger partial charge in [-0.2, -0.15) is 0 Å². The summed E-state index contributed by atoms with van der Waals surface area (Å²) >= 11 is 1.09. The molecule has 1 aromatic carbocycles. The normalized spacial score (nSPS) is 17.0. The first-order valence-electron chi connectivity index (χ1n) is 9.89. The molecule has 31 heavy (non-hydrogen) atoms. The lowest BCUT2D eigenvalue weighted by atomic mass is 10.1. The summed E-state index contributed by atoms with van der Waals surface area (Å²) in [5.41, 5.74) is 5.55. The van der Waals surface area contributed by atoms with Crippen molar-refractivity contribution in [2.75, 3.05) is 43.3 Å². The molecule has 168 valence electrons. The van der Waals surface area contributed by atoms with E-state index in [1.807, 2.05) is 6.92 Å². The number of halogens is 2. The second-order valence-electron chi connectivity index (χ2n) is 7.08. The van der Waals surface area contributed by atoms with Gasteiger partial charge < -0.3 is 20.2 Å². The molecule has 1 aliphatic heterocycles. The number of aliphatic hydroxyl groups is 1. The van der Waals surface area contributed by atoms with Crippen LogP contribution in [0.2, 0.25) is 0 Å². The van der Waals surface area contributed by atoms with Gasteiger partial charge in [-0.1, -0.05) is 18.7 Å². The smallest absolute Gasteiger partial charge is 0.238 e. The van der Waals surface area contributed by atoms with Gasteiger partial charge in [0.2, 0.25) is 11.0 Å². The number of benzene rings is 1. The summed E-state index contributed by atoms with van der Waals surface area (Å²) < 4.78 is 32.8. The van der Waals surface area contributed by atoms with Crippen molar-refractivity contribution >= 4 is 28.3 Å². The van der Waals surface area contributed by atoms with Gasteiger partial charge in [-0.05, 0) is 30.9 Å². The molecular weight excluding hydrogens is 426 g/mol. The number of methoxy groups -OCH3 is 1. The zero-order valence-electron chi connectivity index (χ0n) is 17.7. The number of aromatic nitrogens is 1. The monoisotopic (exact) mass is 452 g/mol. The van der Waals surface area contributed by atoms with Crippen LogP contribution in [0.4, 0.5) is 20.2 Å². The minimum Gasteiger partial charge on any atom is -0.479 e. The van der Waals surface area contributed by atoms with Crippen molar-refractivity contribution in [3.05, 3.63) is 47.2 Å². The first-order chi connectivity index (χ1) is 14.9. The van der Waals surface area contributed by atoms with Crippen LogP contribution in [0, 0.1) is 11.6 Å². The van der Waals surface area contributed by atoms with Crippen LogP contribution in [0.1, 0.15) is 18.2 Å². The Balaban J connectivity index is 1.87. The van der Waals surface area contributed by atoms with Crippen LogP contribution < -0.4 is 15.1 Å². The van der Waals surface area contributed by atoms with Crippen molar-refractivity contribution in [3.8, 4) is 5.88 Å². The molecule has 0 aliphatic carbocycles. The molecular formula is C21H26F2N4O3S. The van der Waals surface area contributed by atoms with Gasteiger partial charge in [0.1, 0.15) is 23.4 Å². The molecule has 2 aromatic rings. The molecule has 10 heteroatoms. The number of anilines is 2. The van der Waals surface area contributed by atoms with Crippen LogP contribution in [0.3, 0.4) is 0 Å². The van der Waals surface area contributed by atoms with Crippen molar-refractivity contribution in [3.63, 3.8) is 0 Å². The highest BCUT2D eigenvalue weighted by Crippen LogP contribution is 2.29. The van der Waals surface area contributed by atoms with Crippen LogP contribution in [-0.4, -0.2) is 59.3 Å². The van der Waals surface area contributed by atoms with E-state index >= 15 is 0 Å². The maximum Gasteiger partial charge on any atom is 0.238 e. The molecule has 0 spiro atoms. The third-order valence-electron chi connectivity index (χ3n) is 5.18. The van der Waals surface area contributed by atoms with E-state index in [4.69, 9.17) is 4.74 Å². The van der Waals surface area contributed by atoms with Gasteiger partial charge in [0.25, 0.3) is 0 Å². The first-order valence-corrected chi connectivity index (χ1v) is 11.1. The Morgan fingerprint density at radius 1 is 1.29 bits per heavy atom. The van der Waals surface area contributed by atoms with Gasteiger partial charge in [-0.15, -0.1) is 0 Å². The predicted octanol–water partition coefficient (Wildman–Crippen LogP) is 2.83. The molecule has 7 nitrogen and oxygen atoms in total. The summed E-state index contributed by atoms with van der Waals surface area (Å²) in [5.74, 6) is -0.961. The topological polar surface area (TPSA) is 77.9 Å². The van der Waals surface area contributed by atoms with E-state index in [0.29, 0.717) is 42.3 Å². The highest BCUT2D eigenvalue weighted by atomic mass is 32.2. The van der Waals surface area contributed by atoms with Crippen molar-refractivity contribution in [2.24, 2.45) is 0 Å². The number of carbonyl (C=O) groups excluding carboxylic acids is 1. The number of rotatable bonds is 7. The molecule has 1 atom stereocenters. The maximum atomic E-state index is 13.7. The fraction of sp³-hybridized carbons (Fsp3) is 0.429. The van der Waals surface area contributed by atoms with Crippen LogP contribution >= 0.6 is 11.8 Å². The van der Waals surface area contributed by atoms with Crippen molar-refractivity contribution in [2.45, 2.75) is 26.0 Å². The number of hydrogen-bond donors (Lipinski definition) is 2. The fourth-order valence-corrected chi connectivity index (χ4v) is 4.09. The Bertz CT molecular complexity index is 927. The zero-order chi connectivity index (χ0) is 22.5. The van der Waals surface area contributed by atoms with Gasteiger partial charge in [0.15, 0.2) is 0 Å². The average Bonchev–Trinajstić information content (AvgIpc) is 2.77. The molecule has 2 N–H and O–H groups in total. The predicted molar refractivity (Wildman–Crippen MR) is 117 cm³/mol. The zero-order valence-corrected chi connectivity index (χ0v) is 18.5. The van der Waals surface area contributed by atoms with Gasteiger partial charge in [0, 0.05) is 42.6 Å². The lowest BCUT2D eigenvalue weighted by Crippen LogP contribution is -2.58. The number of pyridine rings is 1. The van der Waals surface area contributed by atoms with Crippen molar-refractivity contribution < 1.29 is 23.4 Å². The third-order valence-corrected chi connectivity index (χ3v) is 5.86. The van der Waals surface area contributed by atoms with E-state index < -0.39 is 17.7 Å². The van der Waals surface area contributed by atoms with E-state index in [1.165, 1.54) is 19.2 Å². The van der Waals surface area contributed by atoms with Gasteiger partial charge in [-0.25, -0.2) is 18.8 Å². The van der Waals surface area contributed by atoms with Crippen molar-refractivity contribution in [1.82, 2.24) is 9.99 Å². The number of ether oxygens (including phenoxy) is 1. The number of nitrogens with zero attached hydrogens (tertiary/aromatic N) is 3. The minimum atomic E-state index is -0.661. The number of nitrogens with one attached hydrogen (secondary N) is 1. The largest absolute Gasteiger partial charge is 0.479 e. The minimum absolute atomic E-state index is 0.0893. The van der Waals surface area contributed by atoms with Crippen LogP contribution in [-0.2, 0) is 17.8 Å². The second-order valence-corrected chi connectivity index (χ2v) is 7.89. The van der Waals surface area contributed by atoms with E-state index in [-0.39, 0.29) is 18.3 Å². The number of carbonyl (C=O) groups is 1. The third kappa shape index (κ3) is 5.25. The molecule has 1 saturated heterocycles. The quantitative estimate of drug-likeness (QED) is 0.664. The molecule has 0 radical (unpaired) electrons. The fourth-order valence-electron chi connectivity index (χ4n) is 3.62. The first kappa shape index (κ1) is 23.2. The SMILES string of the molecule is CCc1nc(OC)c(NN2CCN(c3cc(F)cc(F)c3)CC2C(=O)SC)cc1CO. The Labute approximate surface area is 184 Å². The second kappa shape index (κ2) is 10.3. The summed E-state index contributed by atoms with van der Waals surface area (Å²) in [4.78, 5) is 18.9. The maximum absolute atomic E-state index is 13.7. The molecule has 3 rings (SSSR count). The Morgan fingerprint density at radius 2 is 2.00 bits per heavy atom. The van der Waals surface area contributed by atoms with Crippen molar-refractivity contribution in [1.29, 1.82) is 0 Å². The molecule has 0 bridgehead atoms. The van der Waals surface area contributed by atoms with Gasteiger partial charge >= 0.3 is 0 Å². The number of hydrogen-bond acceptors (Lipinski definition) is 8. The summed E-state index contributed by atoms with van der Waals surface area (Å²) in [6.07, 6.45) is 2.34. The van der Waals surface area contributed by atoms with Gasteiger partial charge in [-0.3, -0.25) is 4.79 Å². The molecule has 1 fully saturated rings. The summed E-state index contributed by atoms with van der Waals surface area (Å²) in [7, 11) is 1.51. The lowest BCUT2D eigenvalue weighted by Gasteiger charge is -2.41. The van der Waals surface area contributed by atoms with E-state index in [9.17, 15) is 18.7 Å². The summed E-state index contributed by atoms with van der Waals surface area (Å²) in [5, 5.41) is 11.4. The Morgan fingerprint density at radius 3 is 2.58 bits per heavy atom. The van der Waals surface area contributed by atoms with Crippen LogP contribution in [0.15, 0.2) is 24.3 Å². The number of aryl methyl sites for hydroxylation is 1. The summed E-state index contributed by atoms with van der Waals surface area (Å²) in [6, 6.07) is 4.53. The molecule has 1 unspecified atom stereocenters. The molecule has 1 aromatic heterocycles.